The van der Waals surface area contributed by atoms with E-state index >= 15 is 0 Å². The smallest absolute Gasteiger partial charge is 0.0676 e. The zero-order valence-corrected chi connectivity index (χ0v) is 9.61. The molecule has 1 saturated carbocycles. The Bertz CT molecular complexity index is 334. The lowest BCUT2D eigenvalue weighted by atomic mass is 9.87. The first-order chi connectivity index (χ1) is 7.12. The van der Waals surface area contributed by atoms with Crippen LogP contribution in [0.2, 0.25) is 0 Å². The van der Waals surface area contributed by atoms with Gasteiger partial charge in [0.25, 0.3) is 0 Å². The van der Waals surface area contributed by atoms with E-state index in [1.54, 1.807) is 0 Å². The molecule has 2 rings (SSSR count). The Morgan fingerprint density at radius 2 is 2.47 bits per heavy atom. The Morgan fingerprint density at radius 1 is 1.67 bits per heavy atom. The van der Waals surface area contributed by atoms with Gasteiger partial charge in [0, 0.05) is 18.9 Å². The molecule has 0 amide bonds. The van der Waals surface area contributed by atoms with Crippen molar-refractivity contribution in [1.29, 1.82) is 0 Å². The van der Waals surface area contributed by atoms with Crippen molar-refractivity contribution in [2.75, 3.05) is 0 Å². The number of rotatable bonds is 3. The van der Waals surface area contributed by atoms with Crippen LogP contribution in [0.25, 0.3) is 0 Å². The predicted octanol–water partition coefficient (Wildman–Crippen LogP) is 1.90. The van der Waals surface area contributed by atoms with E-state index in [0.29, 0.717) is 5.92 Å². The number of hydrogen-bond acceptors (Lipinski definition) is 2. The van der Waals surface area contributed by atoms with Crippen molar-refractivity contribution in [3.63, 3.8) is 0 Å². The lowest BCUT2D eigenvalue weighted by Gasteiger charge is -2.27. The minimum atomic E-state index is -0.426. The lowest BCUT2D eigenvalue weighted by Crippen LogP contribution is -2.32. The van der Waals surface area contributed by atoms with E-state index in [1.807, 2.05) is 24.0 Å². The van der Waals surface area contributed by atoms with Crippen LogP contribution in [0, 0.1) is 5.92 Å². The van der Waals surface area contributed by atoms with E-state index in [4.69, 9.17) is 0 Å². The largest absolute Gasteiger partial charge is 0.390 e. The average molecular weight is 208 g/mol. The van der Waals surface area contributed by atoms with Gasteiger partial charge in [-0.3, -0.25) is 4.68 Å². The van der Waals surface area contributed by atoms with Gasteiger partial charge in [-0.15, -0.1) is 0 Å². The number of nitrogens with zero attached hydrogens (tertiary/aromatic N) is 2. The average Bonchev–Trinajstić information content (AvgIpc) is 2.73. The zero-order valence-electron chi connectivity index (χ0n) is 9.61. The molecule has 0 spiro atoms. The molecule has 84 valence electrons. The molecule has 2 unspecified atom stereocenters. The Hall–Kier alpha value is -0.830. The van der Waals surface area contributed by atoms with E-state index in [2.05, 4.69) is 12.0 Å². The summed E-state index contributed by atoms with van der Waals surface area (Å²) in [5.41, 5.74) is 0.784. The highest BCUT2D eigenvalue weighted by molar-refractivity contribution is 5.02. The fourth-order valence-corrected chi connectivity index (χ4v) is 2.59. The van der Waals surface area contributed by atoms with Crippen molar-refractivity contribution in [3.05, 3.63) is 18.0 Å². The molecule has 1 aromatic heterocycles. The molecule has 3 heteroatoms. The van der Waals surface area contributed by atoms with Crippen LogP contribution >= 0.6 is 0 Å². The second-order valence-corrected chi connectivity index (χ2v) is 4.84. The normalized spacial score (nSPS) is 31.0. The quantitative estimate of drug-likeness (QED) is 0.824. The van der Waals surface area contributed by atoms with Gasteiger partial charge in [0.2, 0.25) is 0 Å². The first kappa shape index (κ1) is 10.7. The Morgan fingerprint density at radius 3 is 3.00 bits per heavy atom. The maximum Gasteiger partial charge on any atom is 0.0676 e. The van der Waals surface area contributed by atoms with E-state index < -0.39 is 5.60 Å². The Balaban J connectivity index is 1.96. The summed E-state index contributed by atoms with van der Waals surface area (Å²) in [5.74, 6) is 0.450. The first-order valence-corrected chi connectivity index (χ1v) is 5.81. The summed E-state index contributed by atoms with van der Waals surface area (Å²) < 4.78 is 1.89. The predicted molar refractivity (Wildman–Crippen MR) is 59.5 cm³/mol. The highest BCUT2D eigenvalue weighted by atomic mass is 16.3. The summed E-state index contributed by atoms with van der Waals surface area (Å²) in [6.07, 6.45) is 6.92. The summed E-state index contributed by atoms with van der Waals surface area (Å²) in [6.45, 7) is 2.16. The van der Waals surface area contributed by atoms with Gasteiger partial charge in [0.05, 0.1) is 5.60 Å². The topological polar surface area (TPSA) is 38.1 Å². The number of hydrogen-bond donors (Lipinski definition) is 1. The molecule has 0 aliphatic heterocycles. The third-order valence-electron chi connectivity index (χ3n) is 3.90. The van der Waals surface area contributed by atoms with E-state index in [9.17, 15) is 5.11 Å². The molecule has 1 aliphatic carbocycles. The van der Waals surface area contributed by atoms with Crippen LogP contribution in [-0.4, -0.2) is 20.5 Å². The second kappa shape index (κ2) is 3.97. The molecule has 0 radical (unpaired) electrons. The van der Waals surface area contributed by atoms with Gasteiger partial charge in [0.1, 0.15) is 0 Å². The van der Waals surface area contributed by atoms with Gasteiger partial charge < -0.3 is 5.11 Å². The zero-order chi connectivity index (χ0) is 10.9. The minimum absolute atomic E-state index is 0.426. The van der Waals surface area contributed by atoms with Gasteiger partial charge in [-0.25, -0.2) is 0 Å². The van der Waals surface area contributed by atoms with Crippen molar-refractivity contribution in [3.8, 4) is 0 Å². The monoisotopic (exact) mass is 208 g/mol. The van der Waals surface area contributed by atoms with E-state index in [0.717, 1.165) is 19.3 Å². The van der Waals surface area contributed by atoms with Crippen molar-refractivity contribution >= 4 is 0 Å². The molecule has 1 aliphatic rings. The first-order valence-electron chi connectivity index (χ1n) is 5.81. The Kier molecular flexibility index (Phi) is 2.83. The maximum atomic E-state index is 10.4. The molecule has 1 aromatic rings. The van der Waals surface area contributed by atoms with Crippen LogP contribution in [-0.2, 0) is 13.5 Å². The minimum Gasteiger partial charge on any atom is -0.390 e. The highest BCUT2D eigenvalue weighted by Gasteiger charge is 2.37. The lowest BCUT2D eigenvalue weighted by molar-refractivity contribution is 0.000946. The van der Waals surface area contributed by atoms with Crippen molar-refractivity contribution in [2.45, 2.75) is 44.6 Å². The van der Waals surface area contributed by atoms with Crippen LogP contribution in [0.4, 0.5) is 0 Å². The van der Waals surface area contributed by atoms with Crippen LogP contribution in [0.3, 0.4) is 0 Å². The number of aryl methyl sites for hydroxylation is 2. The molecule has 2 atom stereocenters. The van der Waals surface area contributed by atoms with E-state index in [1.165, 1.54) is 18.5 Å². The number of aliphatic hydroxyl groups is 1. The summed E-state index contributed by atoms with van der Waals surface area (Å²) in [4.78, 5) is 0. The summed E-state index contributed by atoms with van der Waals surface area (Å²) in [5, 5.41) is 14.6. The molecule has 1 heterocycles. The van der Waals surface area contributed by atoms with Gasteiger partial charge in [0.15, 0.2) is 0 Å². The van der Waals surface area contributed by atoms with Crippen molar-refractivity contribution in [2.24, 2.45) is 13.0 Å². The molecule has 3 nitrogen and oxygen atoms in total. The van der Waals surface area contributed by atoms with Crippen molar-refractivity contribution in [1.82, 2.24) is 9.78 Å². The maximum absolute atomic E-state index is 10.4. The van der Waals surface area contributed by atoms with Gasteiger partial charge in [-0.1, -0.05) is 13.3 Å². The third-order valence-corrected chi connectivity index (χ3v) is 3.90. The SMILES string of the molecule is CC1CCCC1(O)CCc1ccnn1C. The molecule has 1 N–H and O–H groups in total. The summed E-state index contributed by atoms with van der Waals surface area (Å²) in [7, 11) is 1.96. The van der Waals surface area contributed by atoms with Gasteiger partial charge in [-0.05, 0) is 37.7 Å². The third kappa shape index (κ3) is 2.07. The fourth-order valence-electron chi connectivity index (χ4n) is 2.59. The standard InChI is InChI=1S/C12H20N2O/c1-10-4-3-7-12(10,15)8-5-11-6-9-13-14(11)2/h6,9-10,15H,3-5,7-8H2,1-2H3. The van der Waals surface area contributed by atoms with Gasteiger partial charge in [-0.2, -0.15) is 5.10 Å². The fraction of sp³-hybridized carbons (Fsp3) is 0.750. The van der Waals surface area contributed by atoms with E-state index in [-0.39, 0.29) is 0 Å². The van der Waals surface area contributed by atoms with Crippen LogP contribution < -0.4 is 0 Å². The summed E-state index contributed by atoms with van der Waals surface area (Å²) >= 11 is 0. The van der Waals surface area contributed by atoms with Gasteiger partial charge >= 0.3 is 0 Å². The van der Waals surface area contributed by atoms with Crippen LogP contribution in [0.15, 0.2) is 12.3 Å². The van der Waals surface area contributed by atoms with Crippen molar-refractivity contribution < 1.29 is 5.11 Å². The molecule has 0 aromatic carbocycles. The van der Waals surface area contributed by atoms with Crippen LogP contribution in [0.5, 0.6) is 0 Å². The molecule has 15 heavy (non-hydrogen) atoms. The molecular formula is C12H20N2O. The van der Waals surface area contributed by atoms with Crippen LogP contribution in [0.1, 0.15) is 38.3 Å². The second-order valence-electron chi connectivity index (χ2n) is 4.84. The number of aromatic nitrogens is 2. The highest BCUT2D eigenvalue weighted by Crippen LogP contribution is 2.38. The molecular weight excluding hydrogens is 188 g/mol. The summed E-state index contributed by atoms with van der Waals surface area (Å²) in [6, 6.07) is 2.03. The molecule has 1 fully saturated rings. The molecule has 0 saturated heterocycles. The Labute approximate surface area is 91.1 Å². The molecule has 0 bridgehead atoms.